The molecule has 2 rings (SSSR count). The fraction of sp³-hybridized carbons (Fsp3) is 0.500. The van der Waals surface area contributed by atoms with Crippen molar-refractivity contribution >= 4 is 24.0 Å². The predicted molar refractivity (Wildman–Crippen MR) is 83.0 cm³/mol. The molecule has 0 radical (unpaired) electrons. The lowest BCUT2D eigenvalue weighted by Gasteiger charge is -2.16. The van der Waals surface area contributed by atoms with Crippen LogP contribution in [0.15, 0.2) is 24.3 Å². The van der Waals surface area contributed by atoms with Crippen LogP contribution >= 0.6 is 11.8 Å². The summed E-state index contributed by atoms with van der Waals surface area (Å²) in [6.07, 6.45) is 3.29. The van der Waals surface area contributed by atoms with Gasteiger partial charge in [-0.1, -0.05) is 29.8 Å². The van der Waals surface area contributed by atoms with E-state index in [9.17, 15) is 9.59 Å². The van der Waals surface area contributed by atoms with Gasteiger partial charge < -0.3 is 9.69 Å². The Morgan fingerprint density at radius 2 is 2.10 bits per heavy atom. The van der Waals surface area contributed by atoms with Crippen LogP contribution in [0.4, 0.5) is 0 Å². The van der Waals surface area contributed by atoms with Crippen molar-refractivity contribution in [1.82, 2.24) is 4.90 Å². The minimum atomic E-state index is 0.0629. The maximum Gasteiger partial charge on any atom is 0.235 e. The van der Waals surface area contributed by atoms with Crippen molar-refractivity contribution in [3.05, 3.63) is 35.4 Å². The highest BCUT2D eigenvalue weighted by atomic mass is 32.2. The number of likely N-dealkylation sites (tertiary alicyclic amines) is 1. The zero-order valence-electron chi connectivity index (χ0n) is 11.9. The maximum atomic E-state index is 12.2. The molecule has 3 nitrogen and oxygen atoms in total. The largest absolute Gasteiger partial charge is 0.341 e. The molecule has 1 unspecified atom stereocenters. The fourth-order valence-electron chi connectivity index (χ4n) is 2.36. The number of aryl methyl sites for hydroxylation is 1. The Bertz CT molecular complexity index is 458. The summed E-state index contributed by atoms with van der Waals surface area (Å²) in [6.45, 7) is 3.73. The van der Waals surface area contributed by atoms with E-state index in [-0.39, 0.29) is 11.2 Å². The molecule has 1 aliphatic rings. The Labute approximate surface area is 124 Å². The Hall–Kier alpha value is -1.29. The van der Waals surface area contributed by atoms with Gasteiger partial charge in [0, 0.05) is 25.3 Å². The summed E-state index contributed by atoms with van der Waals surface area (Å²) in [5.41, 5.74) is 2.54. The number of rotatable bonds is 7. The van der Waals surface area contributed by atoms with E-state index < -0.39 is 0 Å². The van der Waals surface area contributed by atoms with Crippen LogP contribution in [0.2, 0.25) is 0 Å². The second-order valence-electron chi connectivity index (χ2n) is 5.16. The fourth-order valence-corrected chi connectivity index (χ4v) is 3.44. The average molecular weight is 291 g/mol. The number of carbonyl (C=O) groups is 2. The van der Waals surface area contributed by atoms with E-state index in [1.807, 2.05) is 4.90 Å². The number of hydrogen-bond donors (Lipinski definition) is 0. The van der Waals surface area contributed by atoms with E-state index in [0.29, 0.717) is 6.42 Å². The summed E-state index contributed by atoms with van der Waals surface area (Å²) in [7, 11) is 0. The van der Waals surface area contributed by atoms with Crippen molar-refractivity contribution < 1.29 is 9.59 Å². The zero-order valence-corrected chi connectivity index (χ0v) is 12.7. The van der Waals surface area contributed by atoms with Gasteiger partial charge in [0.15, 0.2) is 0 Å². The van der Waals surface area contributed by atoms with E-state index in [1.165, 1.54) is 11.1 Å². The van der Waals surface area contributed by atoms with Gasteiger partial charge in [-0.2, -0.15) is 0 Å². The zero-order chi connectivity index (χ0) is 14.4. The highest BCUT2D eigenvalue weighted by molar-refractivity contribution is 8.00. The van der Waals surface area contributed by atoms with E-state index >= 15 is 0 Å². The van der Waals surface area contributed by atoms with E-state index in [1.54, 1.807) is 11.8 Å². The predicted octanol–water partition coefficient (Wildman–Crippen LogP) is 2.46. The Kier molecular flexibility index (Phi) is 5.65. The summed E-state index contributed by atoms with van der Waals surface area (Å²) in [5, 5.41) is 0.0629. The molecule has 1 aromatic rings. The highest BCUT2D eigenvalue weighted by Gasteiger charge is 2.31. The van der Waals surface area contributed by atoms with Crippen molar-refractivity contribution in [2.75, 3.05) is 18.8 Å². The van der Waals surface area contributed by atoms with Gasteiger partial charge in [0.05, 0.1) is 5.25 Å². The van der Waals surface area contributed by atoms with Crippen molar-refractivity contribution in [3.8, 4) is 0 Å². The molecule has 1 heterocycles. The third-order valence-electron chi connectivity index (χ3n) is 3.59. The van der Waals surface area contributed by atoms with Crippen LogP contribution in [0.1, 0.15) is 24.0 Å². The van der Waals surface area contributed by atoms with Gasteiger partial charge in [0.1, 0.15) is 6.29 Å². The molecule has 0 aromatic heterocycles. The summed E-state index contributed by atoms with van der Waals surface area (Å²) < 4.78 is 0. The van der Waals surface area contributed by atoms with Crippen molar-refractivity contribution in [2.24, 2.45) is 0 Å². The maximum absolute atomic E-state index is 12.2. The van der Waals surface area contributed by atoms with E-state index in [2.05, 4.69) is 31.2 Å². The standard InChI is InChI=1S/C16H21NO2S/c1-13-3-5-14(6-4-13)7-9-17-10-8-15(16(17)19)20-12-2-11-18/h3-6,11,15H,2,7-10,12H2,1H3. The number of hydrogen-bond acceptors (Lipinski definition) is 3. The van der Waals surface area contributed by atoms with Gasteiger partial charge in [0.25, 0.3) is 0 Å². The summed E-state index contributed by atoms with van der Waals surface area (Å²) in [5.74, 6) is 0.999. The van der Waals surface area contributed by atoms with Crippen LogP contribution in [0, 0.1) is 6.92 Å². The van der Waals surface area contributed by atoms with Gasteiger partial charge in [-0.05, 0) is 25.3 Å². The smallest absolute Gasteiger partial charge is 0.235 e. The molecule has 1 amide bonds. The molecular formula is C16H21NO2S. The molecule has 0 N–H and O–H groups in total. The van der Waals surface area contributed by atoms with Crippen LogP contribution in [0.5, 0.6) is 0 Å². The molecule has 1 saturated heterocycles. The first-order valence-corrected chi connectivity index (χ1v) is 8.15. The molecule has 20 heavy (non-hydrogen) atoms. The number of nitrogens with zero attached hydrogens (tertiary/aromatic N) is 1. The summed E-state index contributed by atoms with van der Waals surface area (Å²) in [4.78, 5) is 24.4. The highest BCUT2D eigenvalue weighted by Crippen LogP contribution is 2.24. The van der Waals surface area contributed by atoms with Crippen LogP contribution in [-0.4, -0.2) is 41.2 Å². The molecule has 4 heteroatoms. The first kappa shape index (κ1) is 15.1. The van der Waals surface area contributed by atoms with Gasteiger partial charge in [-0.3, -0.25) is 4.79 Å². The molecule has 1 aliphatic heterocycles. The topological polar surface area (TPSA) is 37.4 Å². The summed E-state index contributed by atoms with van der Waals surface area (Å²) in [6, 6.07) is 8.48. The minimum Gasteiger partial charge on any atom is -0.341 e. The normalized spacial score (nSPS) is 18.6. The molecule has 0 spiro atoms. The average Bonchev–Trinajstić information content (AvgIpc) is 2.80. The Morgan fingerprint density at radius 3 is 2.80 bits per heavy atom. The van der Waals surface area contributed by atoms with Gasteiger partial charge >= 0.3 is 0 Å². The SMILES string of the molecule is Cc1ccc(CCN2CCC(SCCC=O)C2=O)cc1. The van der Waals surface area contributed by atoms with E-state index in [4.69, 9.17) is 0 Å². The lowest BCUT2D eigenvalue weighted by molar-refractivity contribution is -0.127. The molecule has 0 saturated carbocycles. The minimum absolute atomic E-state index is 0.0629. The number of aldehydes is 1. The van der Waals surface area contributed by atoms with Crippen molar-refractivity contribution in [1.29, 1.82) is 0 Å². The molecule has 1 atom stereocenters. The first-order valence-electron chi connectivity index (χ1n) is 7.10. The number of thioether (sulfide) groups is 1. The second kappa shape index (κ2) is 7.48. The molecule has 1 fully saturated rings. The second-order valence-corrected chi connectivity index (χ2v) is 6.47. The molecule has 0 bridgehead atoms. The van der Waals surface area contributed by atoms with Crippen LogP contribution < -0.4 is 0 Å². The molecular weight excluding hydrogens is 270 g/mol. The Morgan fingerprint density at radius 1 is 1.35 bits per heavy atom. The Balaban J connectivity index is 1.78. The molecule has 0 aliphatic carbocycles. The van der Waals surface area contributed by atoms with Gasteiger partial charge in [-0.25, -0.2) is 0 Å². The lowest BCUT2D eigenvalue weighted by atomic mass is 10.1. The number of benzene rings is 1. The third-order valence-corrected chi connectivity index (χ3v) is 4.91. The number of amides is 1. The summed E-state index contributed by atoms with van der Waals surface area (Å²) >= 11 is 1.62. The van der Waals surface area contributed by atoms with Crippen LogP contribution in [-0.2, 0) is 16.0 Å². The van der Waals surface area contributed by atoms with Gasteiger partial charge in [-0.15, -0.1) is 11.8 Å². The van der Waals surface area contributed by atoms with Crippen LogP contribution in [0.3, 0.4) is 0 Å². The quantitative estimate of drug-likeness (QED) is 0.572. The lowest BCUT2D eigenvalue weighted by Crippen LogP contribution is -2.30. The first-order chi connectivity index (χ1) is 9.70. The van der Waals surface area contributed by atoms with Gasteiger partial charge in [0.2, 0.25) is 5.91 Å². The van der Waals surface area contributed by atoms with Crippen molar-refractivity contribution in [2.45, 2.75) is 31.4 Å². The van der Waals surface area contributed by atoms with E-state index in [0.717, 1.165) is 38.0 Å². The molecule has 108 valence electrons. The monoisotopic (exact) mass is 291 g/mol. The molecule has 1 aromatic carbocycles. The van der Waals surface area contributed by atoms with Crippen molar-refractivity contribution in [3.63, 3.8) is 0 Å². The number of carbonyl (C=O) groups excluding carboxylic acids is 2. The van der Waals surface area contributed by atoms with Crippen LogP contribution in [0.25, 0.3) is 0 Å². The third kappa shape index (κ3) is 4.10.